The minimum absolute atomic E-state index is 0.0375. The molecule has 0 atom stereocenters. The first-order valence-corrected chi connectivity index (χ1v) is 4.35. The van der Waals surface area contributed by atoms with Gasteiger partial charge in [-0.3, -0.25) is 9.59 Å². The van der Waals surface area contributed by atoms with Gasteiger partial charge in [0.25, 0.3) is 0 Å². The molecule has 0 saturated carbocycles. The van der Waals surface area contributed by atoms with E-state index in [1.54, 1.807) is 0 Å². The summed E-state index contributed by atoms with van der Waals surface area (Å²) in [5.74, 6) is -0.867. The lowest BCUT2D eigenvalue weighted by atomic mass is 10.1. The van der Waals surface area contributed by atoms with E-state index >= 15 is 0 Å². The Balaban J connectivity index is 3.58. The molecule has 0 aromatic rings. The minimum atomic E-state index is -0.904. The van der Waals surface area contributed by atoms with Crippen molar-refractivity contribution in [3.05, 3.63) is 0 Å². The Labute approximate surface area is 78.7 Å². The van der Waals surface area contributed by atoms with E-state index in [2.05, 4.69) is 0 Å². The van der Waals surface area contributed by atoms with Crippen LogP contribution in [0.2, 0.25) is 0 Å². The molecule has 0 aliphatic heterocycles. The topological polar surface area (TPSA) is 54.4 Å². The van der Waals surface area contributed by atoms with Crippen LogP contribution in [0.5, 0.6) is 0 Å². The fourth-order valence-electron chi connectivity index (χ4n) is 0.831. The molecule has 0 saturated heterocycles. The standard InChI is InChI=1S/C9H17NO3/c1-10(2,3)7-6-8(11)4-5-9(12)13/h4-7H2,1-3H3/p+1. The number of rotatable bonds is 6. The highest BCUT2D eigenvalue weighted by Gasteiger charge is 2.11. The van der Waals surface area contributed by atoms with Gasteiger partial charge < -0.3 is 9.59 Å². The van der Waals surface area contributed by atoms with E-state index in [1.807, 2.05) is 21.1 Å². The van der Waals surface area contributed by atoms with Crippen molar-refractivity contribution < 1.29 is 19.2 Å². The van der Waals surface area contributed by atoms with Gasteiger partial charge in [0.1, 0.15) is 5.78 Å². The summed E-state index contributed by atoms with van der Waals surface area (Å²) < 4.78 is 0.735. The summed E-state index contributed by atoms with van der Waals surface area (Å²) >= 11 is 0. The molecule has 76 valence electrons. The van der Waals surface area contributed by atoms with E-state index in [-0.39, 0.29) is 18.6 Å². The maximum absolute atomic E-state index is 11.1. The molecule has 0 rings (SSSR count). The lowest BCUT2D eigenvalue weighted by molar-refractivity contribution is -0.869. The zero-order valence-corrected chi connectivity index (χ0v) is 8.54. The quantitative estimate of drug-likeness (QED) is 0.618. The van der Waals surface area contributed by atoms with Gasteiger partial charge in [0.15, 0.2) is 0 Å². The molecule has 1 N–H and O–H groups in total. The van der Waals surface area contributed by atoms with Gasteiger partial charge in [0.2, 0.25) is 0 Å². The number of carboxylic acids is 1. The summed E-state index contributed by atoms with van der Waals surface area (Å²) in [6, 6.07) is 0. The number of Topliss-reactive ketones (excluding diaryl/α,β-unsaturated/α-hetero) is 1. The van der Waals surface area contributed by atoms with Crippen molar-refractivity contribution in [2.24, 2.45) is 0 Å². The van der Waals surface area contributed by atoms with Crippen LogP contribution < -0.4 is 0 Å². The molecule has 0 fully saturated rings. The largest absolute Gasteiger partial charge is 0.481 e. The lowest BCUT2D eigenvalue weighted by Crippen LogP contribution is -2.36. The van der Waals surface area contributed by atoms with Gasteiger partial charge in [-0.2, -0.15) is 0 Å². The Morgan fingerprint density at radius 1 is 1.08 bits per heavy atom. The highest BCUT2D eigenvalue weighted by atomic mass is 16.4. The molecule has 13 heavy (non-hydrogen) atoms. The Hall–Kier alpha value is -0.900. The van der Waals surface area contributed by atoms with Gasteiger partial charge in [0.05, 0.1) is 40.5 Å². The third kappa shape index (κ3) is 9.01. The van der Waals surface area contributed by atoms with Crippen LogP contribution in [-0.2, 0) is 9.59 Å². The molecule has 0 aliphatic carbocycles. The molecule has 4 heteroatoms. The van der Waals surface area contributed by atoms with Crippen LogP contribution in [0.25, 0.3) is 0 Å². The Bertz CT molecular complexity index is 194. The summed E-state index contributed by atoms with van der Waals surface area (Å²) in [6.07, 6.45) is 0.585. The van der Waals surface area contributed by atoms with Crippen molar-refractivity contribution in [3.63, 3.8) is 0 Å². The van der Waals surface area contributed by atoms with Crippen molar-refractivity contribution in [1.82, 2.24) is 0 Å². The molecular weight excluding hydrogens is 170 g/mol. The number of carbonyl (C=O) groups excluding carboxylic acids is 1. The van der Waals surface area contributed by atoms with Gasteiger partial charge >= 0.3 is 5.97 Å². The maximum Gasteiger partial charge on any atom is 0.303 e. The fourth-order valence-corrected chi connectivity index (χ4v) is 0.831. The first-order valence-electron chi connectivity index (χ1n) is 4.35. The maximum atomic E-state index is 11.1. The second kappa shape index (κ2) is 4.97. The smallest absolute Gasteiger partial charge is 0.303 e. The van der Waals surface area contributed by atoms with Crippen molar-refractivity contribution in [2.45, 2.75) is 19.3 Å². The summed E-state index contributed by atoms with van der Waals surface area (Å²) in [5.41, 5.74) is 0. The van der Waals surface area contributed by atoms with Gasteiger partial charge in [0, 0.05) is 6.42 Å². The second-order valence-corrected chi connectivity index (χ2v) is 4.20. The molecule has 0 spiro atoms. The number of ketones is 1. The van der Waals surface area contributed by atoms with E-state index in [4.69, 9.17) is 5.11 Å². The molecule has 0 radical (unpaired) electrons. The Morgan fingerprint density at radius 3 is 2.00 bits per heavy atom. The average Bonchev–Trinajstić information content (AvgIpc) is 1.95. The Morgan fingerprint density at radius 2 is 1.62 bits per heavy atom. The van der Waals surface area contributed by atoms with E-state index < -0.39 is 5.97 Å². The number of hydrogen-bond acceptors (Lipinski definition) is 2. The number of aliphatic carboxylic acids is 1. The summed E-state index contributed by atoms with van der Waals surface area (Å²) in [4.78, 5) is 21.3. The van der Waals surface area contributed by atoms with Crippen molar-refractivity contribution >= 4 is 11.8 Å². The van der Waals surface area contributed by atoms with E-state index in [0.29, 0.717) is 6.42 Å². The Kier molecular flexibility index (Phi) is 4.62. The number of nitrogens with zero attached hydrogens (tertiary/aromatic N) is 1. The SMILES string of the molecule is C[N+](C)(C)CCC(=O)CCC(=O)O. The first-order chi connectivity index (χ1) is 5.81. The van der Waals surface area contributed by atoms with Crippen molar-refractivity contribution in [2.75, 3.05) is 27.7 Å². The van der Waals surface area contributed by atoms with Crippen LogP contribution in [0.1, 0.15) is 19.3 Å². The summed E-state index contributed by atoms with van der Waals surface area (Å²) in [5, 5.41) is 8.33. The van der Waals surface area contributed by atoms with Gasteiger partial charge in [-0.15, -0.1) is 0 Å². The van der Waals surface area contributed by atoms with E-state index in [9.17, 15) is 9.59 Å². The first kappa shape index (κ1) is 12.1. The molecule has 0 aliphatic rings. The van der Waals surface area contributed by atoms with Crippen LogP contribution in [0, 0.1) is 0 Å². The van der Waals surface area contributed by atoms with Gasteiger partial charge in [-0.05, 0) is 0 Å². The molecule has 0 aromatic heterocycles. The minimum Gasteiger partial charge on any atom is -0.481 e. The van der Waals surface area contributed by atoms with E-state index in [0.717, 1.165) is 11.0 Å². The van der Waals surface area contributed by atoms with Gasteiger partial charge in [-0.25, -0.2) is 0 Å². The predicted octanol–water partition coefficient (Wildman–Crippen LogP) is 0.517. The third-order valence-corrected chi connectivity index (χ3v) is 1.68. The molecular formula is C9H18NO3+. The number of carboxylic acid groups (broad SMARTS) is 1. The third-order valence-electron chi connectivity index (χ3n) is 1.68. The highest BCUT2D eigenvalue weighted by molar-refractivity contribution is 5.82. The zero-order chi connectivity index (χ0) is 10.5. The molecule has 0 amide bonds. The van der Waals surface area contributed by atoms with E-state index in [1.165, 1.54) is 0 Å². The van der Waals surface area contributed by atoms with Crippen LogP contribution >= 0.6 is 0 Å². The average molecular weight is 188 g/mol. The summed E-state index contributed by atoms with van der Waals surface area (Å²) in [6.45, 7) is 0.762. The number of hydrogen-bond donors (Lipinski definition) is 1. The molecule has 4 nitrogen and oxygen atoms in total. The molecule has 0 heterocycles. The van der Waals surface area contributed by atoms with Crippen LogP contribution in [0.15, 0.2) is 0 Å². The summed E-state index contributed by atoms with van der Waals surface area (Å²) in [7, 11) is 6.01. The van der Waals surface area contributed by atoms with Crippen molar-refractivity contribution in [1.29, 1.82) is 0 Å². The number of quaternary nitrogens is 1. The predicted molar refractivity (Wildman–Crippen MR) is 49.4 cm³/mol. The zero-order valence-electron chi connectivity index (χ0n) is 8.54. The monoisotopic (exact) mass is 188 g/mol. The van der Waals surface area contributed by atoms with Gasteiger partial charge in [-0.1, -0.05) is 0 Å². The highest BCUT2D eigenvalue weighted by Crippen LogP contribution is 1.99. The molecule has 0 aromatic carbocycles. The van der Waals surface area contributed by atoms with Crippen LogP contribution in [-0.4, -0.2) is 49.0 Å². The van der Waals surface area contributed by atoms with Crippen LogP contribution in [0.3, 0.4) is 0 Å². The second-order valence-electron chi connectivity index (χ2n) is 4.20. The number of carbonyl (C=O) groups is 2. The molecule has 0 unspecified atom stereocenters. The normalized spacial score (nSPS) is 11.3. The van der Waals surface area contributed by atoms with Crippen LogP contribution in [0.4, 0.5) is 0 Å². The fraction of sp³-hybridized carbons (Fsp3) is 0.778. The van der Waals surface area contributed by atoms with Crippen molar-refractivity contribution in [3.8, 4) is 0 Å². The molecule has 0 bridgehead atoms. The lowest BCUT2D eigenvalue weighted by Gasteiger charge is -2.23.